The van der Waals surface area contributed by atoms with Crippen LogP contribution in [0.2, 0.25) is 0 Å². The van der Waals surface area contributed by atoms with Crippen molar-refractivity contribution in [3.8, 4) is 23.0 Å². The monoisotopic (exact) mass is 549 g/mol. The summed E-state index contributed by atoms with van der Waals surface area (Å²) in [7, 11) is 1.86. The quantitative estimate of drug-likeness (QED) is 0.364. The van der Waals surface area contributed by atoms with E-state index in [9.17, 15) is 9.50 Å². The van der Waals surface area contributed by atoms with Crippen molar-refractivity contribution in [1.29, 1.82) is 0 Å². The van der Waals surface area contributed by atoms with E-state index in [0.717, 1.165) is 29.2 Å². The molecule has 2 fully saturated rings. The van der Waals surface area contributed by atoms with Crippen molar-refractivity contribution in [2.24, 2.45) is 0 Å². The van der Waals surface area contributed by atoms with E-state index in [0.29, 0.717) is 56.0 Å². The van der Waals surface area contributed by atoms with E-state index < -0.39 is 12.0 Å². The van der Waals surface area contributed by atoms with Gasteiger partial charge in [0.05, 0.1) is 12.0 Å². The molecule has 1 N–H and O–H groups in total. The topological polar surface area (TPSA) is 83.8 Å². The van der Waals surface area contributed by atoms with Gasteiger partial charge in [-0.3, -0.25) is 9.88 Å². The van der Waals surface area contributed by atoms with Crippen LogP contribution in [0.4, 0.5) is 14.6 Å². The third-order valence-electron chi connectivity index (χ3n) is 7.89. The van der Waals surface area contributed by atoms with E-state index in [1.54, 1.807) is 18.3 Å². The number of nitrogens with zero attached hydrogens (tertiary/aromatic N) is 5. The second-order valence-electron chi connectivity index (χ2n) is 10.6. The van der Waals surface area contributed by atoms with Crippen LogP contribution in [0.25, 0.3) is 32.9 Å². The fourth-order valence-corrected chi connectivity index (χ4v) is 5.82. The van der Waals surface area contributed by atoms with Crippen LogP contribution < -0.4 is 9.64 Å². The van der Waals surface area contributed by atoms with Gasteiger partial charge in [0, 0.05) is 44.0 Å². The number of phenolic OH excluding ortho intramolecular Hbond substituents is 1. The van der Waals surface area contributed by atoms with Gasteiger partial charge in [-0.1, -0.05) is 25.1 Å². The molecule has 2 saturated heterocycles. The summed E-state index contributed by atoms with van der Waals surface area (Å²) in [5, 5.41) is 12.6. The molecule has 2 aromatic carbocycles. The Morgan fingerprint density at radius 1 is 1.18 bits per heavy atom. The Kier molecular flexibility index (Phi) is 7.37. The maximum absolute atomic E-state index is 16.5. The summed E-state index contributed by atoms with van der Waals surface area (Å²) in [6.07, 6.45) is 2.60. The fraction of sp³-hybridized carbons (Fsp3) is 0.433. The van der Waals surface area contributed by atoms with E-state index in [4.69, 9.17) is 9.47 Å². The van der Waals surface area contributed by atoms with Gasteiger partial charge in [0.1, 0.15) is 35.6 Å². The molecule has 10 heteroatoms. The van der Waals surface area contributed by atoms with Gasteiger partial charge in [0.2, 0.25) is 0 Å². The van der Waals surface area contributed by atoms with Gasteiger partial charge in [-0.15, -0.1) is 0 Å². The molecule has 6 rings (SSSR count). The van der Waals surface area contributed by atoms with Crippen LogP contribution in [0.5, 0.6) is 11.8 Å². The third-order valence-corrected chi connectivity index (χ3v) is 7.89. The van der Waals surface area contributed by atoms with Crippen LogP contribution in [0.15, 0.2) is 36.5 Å². The Bertz CT molecular complexity index is 1540. The summed E-state index contributed by atoms with van der Waals surface area (Å²) in [4.78, 5) is 17.7. The van der Waals surface area contributed by atoms with Crippen molar-refractivity contribution >= 4 is 27.5 Å². The Balaban J connectivity index is 1.49. The lowest BCUT2D eigenvalue weighted by atomic mass is 9.95. The highest BCUT2D eigenvalue weighted by Gasteiger charge is 2.30. The Morgan fingerprint density at radius 3 is 2.85 bits per heavy atom. The summed E-state index contributed by atoms with van der Waals surface area (Å²) in [5.74, 6) is -0.0563. The molecular formula is C30H33F2N5O3. The Labute approximate surface area is 231 Å². The minimum atomic E-state index is -0.903. The molecule has 4 aromatic rings. The van der Waals surface area contributed by atoms with Gasteiger partial charge >= 0.3 is 6.01 Å². The second-order valence-corrected chi connectivity index (χ2v) is 10.6. The zero-order valence-corrected chi connectivity index (χ0v) is 22.7. The average Bonchev–Trinajstić information content (AvgIpc) is 3.11. The maximum Gasteiger partial charge on any atom is 0.319 e. The lowest BCUT2D eigenvalue weighted by Crippen LogP contribution is -2.31. The van der Waals surface area contributed by atoms with Gasteiger partial charge in [0.25, 0.3) is 0 Å². The number of hydrogen-bond donors (Lipinski definition) is 1. The number of phenols is 1. The van der Waals surface area contributed by atoms with Crippen molar-refractivity contribution in [1.82, 2.24) is 19.9 Å². The van der Waals surface area contributed by atoms with E-state index in [-0.39, 0.29) is 35.6 Å². The number of likely N-dealkylation sites (N-methyl/N-ethyl adjacent to an activating group) is 1. The summed E-state index contributed by atoms with van der Waals surface area (Å²) < 4.78 is 42.1. The van der Waals surface area contributed by atoms with Crippen LogP contribution in [0.1, 0.15) is 25.3 Å². The first-order valence-corrected chi connectivity index (χ1v) is 13.8. The highest BCUT2D eigenvalue weighted by Crippen LogP contribution is 2.38. The maximum atomic E-state index is 16.5. The van der Waals surface area contributed by atoms with Crippen molar-refractivity contribution in [3.05, 3.63) is 47.9 Å². The molecule has 1 unspecified atom stereocenters. The molecule has 4 heterocycles. The zero-order chi connectivity index (χ0) is 27.8. The lowest BCUT2D eigenvalue weighted by molar-refractivity contribution is 0.152. The molecule has 2 aromatic heterocycles. The van der Waals surface area contributed by atoms with Crippen LogP contribution >= 0.6 is 0 Å². The summed E-state index contributed by atoms with van der Waals surface area (Å²) in [6, 6.07) is 8.96. The minimum absolute atomic E-state index is 0.0286. The number of likely N-dealkylation sites (tertiary alicyclic amines) is 1. The number of fused-ring (bicyclic) bond motifs is 2. The number of ether oxygens (including phenoxy) is 2. The van der Waals surface area contributed by atoms with E-state index in [1.807, 2.05) is 42.0 Å². The number of hydrogen-bond acceptors (Lipinski definition) is 8. The molecule has 2 aliphatic rings. The molecule has 2 aliphatic heterocycles. The molecule has 0 spiro atoms. The van der Waals surface area contributed by atoms with Crippen molar-refractivity contribution in [2.45, 2.75) is 38.4 Å². The molecular weight excluding hydrogens is 516 g/mol. The fourth-order valence-electron chi connectivity index (χ4n) is 5.82. The number of halogens is 2. The molecule has 2 atom stereocenters. The number of pyridine rings is 1. The van der Waals surface area contributed by atoms with E-state index in [1.165, 1.54) is 0 Å². The third kappa shape index (κ3) is 5.01. The number of aromatic nitrogens is 3. The average molecular weight is 550 g/mol. The molecule has 8 nitrogen and oxygen atoms in total. The Morgan fingerprint density at radius 2 is 2.05 bits per heavy atom. The molecule has 210 valence electrons. The Hall–Kier alpha value is -3.63. The predicted molar refractivity (Wildman–Crippen MR) is 150 cm³/mol. The van der Waals surface area contributed by atoms with Crippen LogP contribution in [-0.2, 0) is 11.2 Å². The van der Waals surface area contributed by atoms with Gasteiger partial charge < -0.3 is 19.5 Å². The minimum Gasteiger partial charge on any atom is -0.508 e. The number of aromatic hydroxyl groups is 1. The largest absolute Gasteiger partial charge is 0.508 e. The molecule has 0 amide bonds. The highest BCUT2D eigenvalue weighted by atomic mass is 19.1. The molecule has 0 bridgehead atoms. The predicted octanol–water partition coefficient (Wildman–Crippen LogP) is 4.90. The van der Waals surface area contributed by atoms with Crippen LogP contribution in [0, 0.1) is 5.82 Å². The van der Waals surface area contributed by atoms with Crippen molar-refractivity contribution in [3.63, 3.8) is 0 Å². The molecule has 0 aliphatic carbocycles. The summed E-state index contributed by atoms with van der Waals surface area (Å²) in [5.41, 5.74) is 1.71. The van der Waals surface area contributed by atoms with Gasteiger partial charge in [-0.25, -0.2) is 8.78 Å². The number of aryl methyl sites for hydroxylation is 1. The van der Waals surface area contributed by atoms with E-state index in [2.05, 4.69) is 15.0 Å². The van der Waals surface area contributed by atoms with Gasteiger partial charge in [-0.05, 0) is 54.8 Å². The van der Waals surface area contributed by atoms with Gasteiger partial charge in [0.15, 0.2) is 5.82 Å². The van der Waals surface area contributed by atoms with Crippen molar-refractivity contribution in [2.75, 3.05) is 51.4 Å². The second kappa shape index (κ2) is 11.1. The van der Waals surface area contributed by atoms with Crippen LogP contribution in [-0.4, -0.2) is 83.7 Å². The van der Waals surface area contributed by atoms with Crippen molar-refractivity contribution < 1.29 is 23.4 Å². The van der Waals surface area contributed by atoms with Gasteiger partial charge in [-0.2, -0.15) is 9.97 Å². The van der Waals surface area contributed by atoms with E-state index >= 15 is 4.39 Å². The summed E-state index contributed by atoms with van der Waals surface area (Å²) in [6.45, 7) is 5.02. The first kappa shape index (κ1) is 26.6. The lowest BCUT2D eigenvalue weighted by Gasteiger charge is -2.24. The number of rotatable bonds is 6. The molecule has 40 heavy (non-hydrogen) atoms. The number of benzene rings is 2. The normalized spacial score (nSPS) is 20.4. The number of anilines is 1. The highest BCUT2D eigenvalue weighted by molar-refractivity contribution is 6.01. The number of alkyl halides is 1. The van der Waals surface area contributed by atoms with Crippen LogP contribution in [0.3, 0.4) is 0 Å². The smallest absolute Gasteiger partial charge is 0.319 e. The molecule has 0 radical (unpaired) electrons. The molecule has 0 saturated carbocycles. The first-order chi connectivity index (χ1) is 19.4. The SMILES string of the molecule is CCc1cccc2cc(O)cc(-c3ncc4c(N5CCCOCC5)nc(OC[C@@H]5CC(F)CN5C)nc4c3F)c12. The summed E-state index contributed by atoms with van der Waals surface area (Å²) >= 11 is 0. The first-order valence-electron chi connectivity index (χ1n) is 13.8. The zero-order valence-electron chi connectivity index (χ0n) is 22.7. The standard InChI is InChI=1S/C30H33F2N5O3/c1-3-18-6-4-7-19-12-22(38)14-23(25(18)19)27-26(32)28-24(15-33-27)29(37-8-5-10-39-11-9-37)35-30(34-28)40-17-21-13-20(31)16-36(21)2/h4,6-7,12,14-15,20-21,38H,3,5,8-11,13,16-17H2,1-2H3/t20?,21-/m0/s1.